The third-order valence-corrected chi connectivity index (χ3v) is 10.6. The zero-order valence-corrected chi connectivity index (χ0v) is 19.8. The molecule has 0 amide bonds. The number of sulfone groups is 1. The van der Waals surface area contributed by atoms with E-state index in [2.05, 4.69) is 27.7 Å². The molecule has 1 aromatic rings. The van der Waals surface area contributed by atoms with Crippen LogP contribution in [0.5, 0.6) is 5.75 Å². The van der Waals surface area contributed by atoms with Gasteiger partial charge in [0.1, 0.15) is 5.75 Å². The summed E-state index contributed by atoms with van der Waals surface area (Å²) < 4.78 is 37.7. The number of fused-ring (bicyclic) bond motifs is 5. The molecule has 0 spiro atoms. The predicted octanol–water partition coefficient (Wildman–Crippen LogP) is 4.77. The Kier molecular flexibility index (Phi) is 4.85. The van der Waals surface area contributed by atoms with Gasteiger partial charge in [-0.2, -0.15) is 0 Å². The van der Waals surface area contributed by atoms with Gasteiger partial charge in [-0.25, -0.2) is 13.2 Å². The number of benzene rings is 1. The van der Waals surface area contributed by atoms with E-state index < -0.39 is 15.8 Å². The Balaban J connectivity index is 1.95. The van der Waals surface area contributed by atoms with Gasteiger partial charge in [0.05, 0.1) is 30.4 Å². The first kappa shape index (κ1) is 21.7. The summed E-state index contributed by atoms with van der Waals surface area (Å²) in [5.41, 5.74) is 0.858. The number of hydrogen-bond acceptors (Lipinski definition) is 5. The van der Waals surface area contributed by atoms with Crippen molar-refractivity contribution in [3.63, 3.8) is 0 Å². The van der Waals surface area contributed by atoms with E-state index in [4.69, 9.17) is 9.47 Å². The minimum Gasteiger partial charge on any atom is -0.496 e. The molecule has 0 saturated heterocycles. The third-order valence-electron chi connectivity index (χ3n) is 8.79. The van der Waals surface area contributed by atoms with Crippen molar-refractivity contribution in [1.82, 2.24) is 0 Å². The Morgan fingerprint density at radius 2 is 1.73 bits per heavy atom. The normalized spacial score (nSPS) is 36.1. The second-order valence-electron chi connectivity index (χ2n) is 10.7. The first-order chi connectivity index (χ1) is 13.9. The molecule has 6 heteroatoms. The minimum absolute atomic E-state index is 0.0266. The largest absolute Gasteiger partial charge is 0.496 e. The maximum atomic E-state index is 13.6. The summed E-state index contributed by atoms with van der Waals surface area (Å²) in [4.78, 5) is 12.4. The monoisotopic (exact) mass is 434 g/mol. The van der Waals surface area contributed by atoms with Gasteiger partial charge in [-0.1, -0.05) is 34.1 Å². The molecule has 4 atom stereocenters. The van der Waals surface area contributed by atoms with Crippen molar-refractivity contribution in [1.29, 1.82) is 0 Å². The lowest BCUT2D eigenvalue weighted by Crippen LogP contribution is -2.60. The second kappa shape index (κ2) is 6.72. The molecule has 166 valence electrons. The zero-order valence-electron chi connectivity index (χ0n) is 19.0. The summed E-state index contributed by atoms with van der Waals surface area (Å²) in [5.74, 6) is 0.601. The van der Waals surface area contributed by atoms with Crippen LogP contribution < -0.4 is 4.74 Å². The lowest BCUT2D eigenvalue weighted by Gasteiger charge is -2.63. The minimum atomic E-state index is -3.56. The van der Waals surface area contributed by atoms with Gasteiger partial charge in [-0.3, -0.25) is 0 Å². The molecule has 5 nitrogen and oxygen atoms in total. The Morgan fingerprint density at radius 3 is 2.37 bits per heavy atom. The Hall–Kier alpha value is -1.56. The van der Waals surface area contributed by atoms with Crippen molar-refractivity contribution in [2.24, 2.45) is 22.7 Å². The van der Waals surface area contributed by atoms with Crippen LogP contribution in [0.4, 0.5) is 0 Å². The SMILES string of the molecule is COC(=O)c1cc(OC)c2c(c1)S(=O)(=O)C[C@@H]1[C@@]3(C)CCCC(C)(C)[C@@H]3CC[C@@]21C. The van der Waals surface area contributed by atoms with E-state index in [1.165, 1.54) is 19.6 Å². The molecule has 3 aliphatic rings. The van der Waals surface area contributed by atoms with Crippen LogP contribution in [0, 0.1) is 22.7 Å². The highest BCUT2D eigenvalue weighted by Crippen LogP contribution is 2.67. The molecule has 0 aromatic heterocycles. The van der Waals surface area contributed by atoms with Gasteiger partial charge in [-0.05, 0) is 60.5 Å². The lowest BCUT2D eigenvalue weighted by atomic mass is 9.43. The molecular formula is C24H34O5S. The van der Waals surface area contributed by atoms with Crippen LogP contribution in [0.15, 0.2) is 17.0 Å². The van der Waals surface area contributed by atoms with Crippen LogP contribution in [-0.2, 0) is 20.0 Å². The topological polar surface area (TPSA) is 69.7 Å². The number of methoxy groups -OCH3 is 2. The number of carbonyl (C=O) groups excluding carboxylic acids is 1. The van der Waals surface area contributed by atoms with E-state index in [1.54, 1.807) is 13.2 Å². The average Bonchev–Trinajstić information content (AvgIpc) is 2.67. The van der Waals surface area contributed by atoms with Crippen LogP contribution >= 0.6 is 0 Å². The molecule has 0 bridgehead atoms. The van der Waals surface area contributed by atoms with Crippen LogP contribution in [0.3, 0.4) is 0 Å². The molecule has 30 heavy (non-hydrogen) atoms. The summed E-state index contributed by atoms with van der Waals surface area (Å²) >= 11 is 0. The lowest BCUT2D eigenvalue weighted by molar-refractivity contribution is -0.0984. The first-order valence-corrected chi connectivity index (χ1v) is 12.6. The maximum Gasteiger partial charge on any atom is 0.338 e. The predicted molar refractivity (Wildman–Crippen MR) is 116 cm³/mol. The Labute approximate surface area is 180 Å². The highest BCUT2D eigenvalue weighted by molar-refractivity contribution is 7.91. The van der Waals surface area contributed by atoms with E-state index in [1.807, 2.05) is 0 Å². The van der Waals surface area contributed by atoms with E-state index in [9.17, 15) is 13.2 Å². The first-order valence-electron chi connectivity index (χ1n) is 10.9. The van der Waals surface area contributed by atoms with Crippen molar-refractivity contribution in [2.45, 2.75) is 70.1 Å². The Bertz CT molecular complexity index is 995. The van der Waals surface area contributed by atoms with Crippen molar-refractivity contribution >= 4 is 15.8 Å². The van der Waals surface area contributed by atoms with Crippen molar-refractivity contribution < 1.29 is 22.7 Å². The molecule has 4 rings (SSSR count). The molecule has 0 radical (unpaired) electrons. The van der Waals surface area contributed by atoms with Crippen LogP contribution in [0.1, 0.15) is 75.7 Å². The van der Waals surface area contributed by atoms with Crippen molar-refractivity contribution in [3.05, 3.63) is 23.3 Å². The molecule has 0 N–H and O–H groups in total. The van der Waals surface area contributed by atoms with Crippen molar-refractivity contribution in [3.8, 4) is 5.75 Å². The highest BCUT2D eigenvalue weighted by atomic mass is 32.2. The summed E-state index contributed by atoms with van der Waals surface area (Å²) in [6.07, 6.45) is 5.41. The summed E-state index contributed by atoms with van der Waals surface area (Å²) in [6.45, 7) is 9.25. The molecule has 2 fully saturated rings. The third kappa shape index (κ3) is 2.85. The summed E-state index contributed by atoms with van der Waals surface area (Å²) in [7, 11) is -0.714. The summed E-state index contributed by atoms with van der Waals surface area (Å²) in [6, 6.07) is 3.15. The summed E-state index contributed by atoms with van der Waals surface area (Å²) in [5, 5.41) is 0. The van der Waals surface area contributed by atoms with E-state index in [0.717, 1.165) is 31.2 Å². The number of carbonyl (C=O) groups is 1. The van der Waals surface area contributed by atoms with Gasteiger partial charge in [0.2, 0.25) is 0 Å². The van der Waals surface area contributed by atoms with Crippen LogP contribution in [0.25, 0.3) is 0 Å². The number of esters is 1. The van der Waals surface area contributed by atoms with Gasteiger partial charge >= 0.3 is 5.97 Å². The fourth-order valence-corrected chi connectivity index (χ4v) is 9.75. The van der Waals surface area contributed by atoms with Gasteiger partial charge in [0, 0.05) is 11.0 Å². The van der Waals surface area contributed by atoms with E-state index in [-0.39, 0.29) is 38.4 Å². The van der Waals surface area contributed by atoms with Crippen molar-refractivity contribution in [2.75, 3.05) is 20.0 Å². The Morgan fingerprint density at radius 1 is 1.03 bits per heavy atom. The van der Waals surface area contributed by atoms with Gasteiger partial charge < -0.3 is 9.47 Å². The molecule has 2 saturated carbocycles. The van der Waals surface area contributed by atoms with E-state index in [0.29, 0.717) is 11.7 Å². The molecule has 1 heterocycles. The second-order valence-corrected chi connectivity index (χ2v) is 12.7. The van der Waals surface area contributed by atoms with Gasteiger partial charge in [0.15, 0.2) is 9.84 Å². The zero-order chi connectivity index (χ0) is 22.1. The smallest absolute Gasteiger partial charge is 0.338 e. The number of hydrogen-bond donors (Lipinski definition) is 0. The van der Waals surface area contributed by atoms with Gasteiger partial charge in [0.25, 0.3) is 0 Å². The highest BCUT2D eigenvalue weighted by Gasteiger charge is 2.62. The van der Waals surface area contributed by atoms with Crippen LogP contribution in [-0.4, -0.2) is 34.4 Å². The van der Waals surface area contributed by atoms with Crippen LogP contribution in [0.2, 0.25) is 0 Å². The number of rotatable bonds is 2. The molecule has 0 unspecified atom stereocenters. The van der Waals surface area contributed by atoms with E-state index >= 15 is 0 Å². The molecule has 1 aromatic carbocycles. The molecule has 2 aliphatic carbocycles. The quantitative estimate of drug-likeness (QED) is 0.627. The fourth-order valence-electron chi connectivity index (χ4n) is 7.43. The van der Waals surface area contributed by atoms with Gasteiger partial charge in [-0.15, -0.1) is 0 Å². The maximum absolute atomic E-state index is 13.6. The fraction of sp³-hybridized carbons (Fsp3) is 0.708. The molecule has 1 aliphatic heterocycles. The average molecular weight is 435 g/mol. The molecular weight excluding hydrogens is 400 g/mol. The standard InChI is InChI=1S/C24H34O5S/c1-22(2)9-7-10-23(3)18(22)8-11-24(4)19(23)14-30(26,27)17-13-15(21(25)29-6)12-16(28-5)20(17)24/h12-13,18-19H,7-11,14H2,1-6H3/t18-,19+,23-,24+/m0/s1. The number of ether oxygens (including phenoxy) is 2.